The van der Waals surface area contributed by atoms with Gasteiger partial charge in [-0.1, -0.05) is 6.07 Å². The Morgan fingerprint density at radius 3 is 2.39 bits per heavy atom. The Balaban J connectivity index is 2.29. The van der Waals surface area contributed by atoms with Crippen LogP contribution in [0.25, 0.3) is 0 Å². The van der Waals surface area contributed by atoms with Gasteiger partial charge in [-0.05, 0) is 17.7 Å². The van der Waals surface area contributed by atoms with Crippen molar-refractivity contribution >= 4 is 17.8 Å². The summed E-state index contributed by atoms with van der Waals surface area (Å²) in [6.45, 7) is 1.14. The van der Waals surface area contributed by atoms with Crippen molar-refractivity contribution in [3.05, 3.63) is 29.3 Å². The lowest BCUT2D eigenvalue weighted by Gasteiger charge is -2.38. The zero-order chi connectivity index (χ0) is 21.0. The van der Waals surface area contributed by atoms with E-state index in [4.69, 9.17) is 19.3 Å². The second kappa shape index (κ2) is 8.97. The Morgan fingerprint density at radius 1 is 1.14 bits per heavy atom. The number of nitrogens with one attached hydrogen (secondary N) is 1. The largest absolute Gasteiger partial charge is 0.479 e. The third-order valence-corrected chi connectivity index (χ3v) is 4.01. The van der Waals surface area contributed by atoms with Gasteiger partial charge in [0.25, 0.3) is 5.91 Å². The molecule has 1 aromatic rings. The van der Waals surface area contributed by atoms with Crippen molar-refractivity contribution in [2.45, 2.75) is 44.2 Å². The molecule has 11 nitrogen and oxygen atoms in total. The lowest BCUT2D eigenvalue weighted by Crippen LogP contribution is -2.61. The second-order valence-corrected chi connectivity index (χ2v) is 6.04. The van der Waals surface area contributed by atoms with Crippen LogP contribution in [0.5, 0.6) is 5.75 Å². The van der Waals surface area contributed by atoms with Gasteiger partial charge >= 0.3 is 11.9 Å². The molecule has 0 radical (unpaired) electrons. The first-order valence-corrected chi connectivity index (χ1v) is 8.23. The van der Waals surface area contributed by atoms with Crippen molar-refractivity contribution in [3.8, 4) is 5.75 Å². The predicted molar refractivity (Wildman–Crippen MR) is 90.2 cm³/mol. The topological polar surface area (TPSA) is 172 Å². The molecule has 1 fully saturated rings. The standard InChI is InChI=1S/C17H21NO10/c1-7(19)26-6-8-3-4-10(9(5-8)15(23)18-2)27-17-13(22)11(20)12(21)14(28-17)16(24)25/h3-5,11-14,17,20-22H,6H2,1-2H3,(H,18,23)(H,24,25)/t11-,12-,13+,14-,17+/m0/s1. The van der Waals surface area contributed by atoms with Gasteiger partial charge in [-0.15, -0.1) is 0 Å². The van der Waals surface area contributed by atoms with E-state index in [9.17, 15) is 29.7 Å². The molecular weight excluding hydrogens is 378 g/mol. The van der Waals surface area contributed by atoms with E-state index < -0.39 is 48.6 Å². The molecule has 5 N–H and O–H groups in total. The zero-order valence-corrected chi connectivity index (χ0v) is 15.1. The highest BCUT2D eigenvalue weighted by atomic mass is 16.7. The van der Waals surface area contributed by atoms with E-state index in [1.165, 1.54) is 32.2 Å². The Labute approximate surface area is 159 Å². The molecule has 2 rings (SSSR count). The lowest BCUT2D eigenvalue weighted by atomic mass is 9.99. The number of benzene rings is 1. The van der Waals surface area contributed by atoms with Crippen molar-refractivity contribution in [1.29, 1.82) is 0 Å². The van der Waals surface area contributed by atoms with Crippen LogP contribution in [-0.2, 0) is 25.7 Å². The number of aliphatic hydroxyl groups is 3. The maximum Gasteiger partial charge on any atom is 0.335 e. The number of amides is 1. The lowest BCUT2D eigenvalue weighted by molar-refractivity contribution is -0.271. The van der Waals surface area contributed by atoms with E-state index >= 15 is 0 Å². The number of hydrogen-bond acceptors (Lipinski definition) is 9. The van der Waals surface area contributed by atoms with E-state index in [1.54, 1.807) is 0 Å². The van der Waals surface area contributed by atoms with Crippen LogP contribution in [0, 0.1) is 0 Å². The van der Waals surface area contributed by atoms with Crippen molar-refractivity contribution in [1.82, 2.24) is 5.32 Å². The van der Waals surface area contributed by atoms with Crippen LogP contribution in [-0.4, -0.2) is 76.0 Å². The number of carbonyl (C=O) groups is 3. The molecule has 0 spiro atoms. The Bertz CT molecular complexity index is 751. The number of esters is 1. The molecule has 5 atom stereocenters. The summed E-state index contributed by atoms with van der Waals surface area (Å²) in [5, 5.41) is 41.1. The minimum atomic E-state index is -1.86. The number of carboxylic acids is 1. The number of aliphatic carboxylic acids is 1. The average molecular weight is 399 g/mol. The minimum Gasteiger partial charge on any atom is -0.479 e. The molecule has 0 saturated carbocycles. The zero-order valence-electron chi connectivity index (χ0n) is 15.1. The molecule has 11 heteroatoms. The van der Waals surface area contributed by atoms with Gasteiger partial charge in [-0.3, -0.25) is 9.59 Å². The van der Waals surface area contributed by atoms with Crippen LogP contribution < -0.4 is 10.1 Å². The first-order chi connectivity index (χ1) is 13.1. The summed E-state index contributed by atoms with van der Waals surface area (Å²) in [6.07, 6.45) is -8.98. The quantitative estimate of drug-likeness (QED) is 0.350. The molecular formula is C17H21NO10. The number of ether oxygens (including phenoxy) is 3. The summed E-state index contributed by atoms with van der Waals surface area (Å²) >= 11 is 0. The summed E-state index contributed by atoms with van der Waals surface area (Å²) in [7, 11) is 1.37. The number of hydrogen-bond donors (Lipinski definition) is 5. The molecule has 0 unspecified atom stereocenters. The third kappa shape index (κ3) is 4.75. The van der Waals surface area contributed by atoms with E-state index in [-0.39, 0.29) is 17.9 Å². The van der Waals surface area contributed by atoms with Gasteiger partial charge in [0.15, 0.2) is 6.10 Å². The van der Waals surface area contributed by atoms with Gasteiger partial charge in [0.2, 0.25) is 6.29 Å². The van der Waals surface area contributed by atoms with Gasteiger partial charge in [0, 0.05) is 14.0 Å². The second-order valence-electron chi connectivity index (χ2n) is 6.04. The molecule has 1 aromatic carbocycles. The van der Waals surface area contributed by atoms with Crippen LogP contribution in [0.4, 0.5) is 0 Å². The number of carbonyl (C=O) groups excluding carboxylic acids is 2. The number of rotatable bonds is 6. The number of carboxylic acid groups (broad SMARTS) is 1. The fourth-order valence-electron chi connectivity index (χ4n) is 2.54. The molecule has 154 valence electrons. The van der Waals surface area contributed by atoms with Gasteiger partial charge in [0.1, 0.15) is 30.7 Å². The monoisotopic (exact) mass is 399 g/mol. The summed E-state index contributed by atoms with van der Waals surface area (Å²) in [4.78, 5) is 34.3. The molecule has 0 bridgehead atoms. The summed E-state index contributed by atoms with van der Waals surface area (Å²) < 4.78 is 15.3. The van der Waals surface area contributed by atoms with Gasteiger partial charge in [-0.25, -0.2) is 4.79 Å². The molecule has 1 saturated heterocycles. The average Bonchev–Trinajstić information content (AvgIpc) is 2.66. The summed E-state index contributed by atoms with van der Waals surface area (Å²) in [5.41, 5.74) is 0.473. The maximum absolute atomic E-state index is 12.2. The van der Waals surface area contributed by atoms with Gasteiger partial charge < -0.3 is 40.0 Å². The van der Waals surface area contributed by atoms with Gasteiger partial charge in [0.05, 0.1) is 5.56 Å². The smallest absolute Gasteiger partial charge is 0.335 e. The molecule has 1 aliphatic heterocycles. The van der Waals surface area contributed by atoms with Crippen molar-refractivity contribution in [2.75, 3.05) is 7.05 Å². The Kier molecular flexibility index (Phi) is 6.91. The Morgan fingerprint density at radius 2 is 1.82 bits per heavy atom. The number of aliphatic hydroxyl groups excluding tert-OH is 3. The van der Waals surface area contributed by atoms with Crippen molar-refractivity contribution in [2.24, 2.45) is 0 Å². The van der Waals surface area contributed by atoms with Crippen LogP contribution in [0.2, 0.25) is 0 Å². The molecule has 0 aliphatic carbocycles. The summed E-state index contributed by atoms with van der Waals surface area (Å²) in [5.74, 6) is -2.72. The van der Waals surface area contributed by atoms with Crippen LogP contribution in [0.15, 0.2) is 18.2 Å². The Hall–Kier alpha value is -2.73. The highest BCUT2D eigenvalue weighted by molar-refractivity contribution is 5.97. The minimum absolute atomic E-state index is 0.00422. The van der Waals surface area contributed by atoms with Crippen molar-refractivity contribution in [3.63, 3.8) is 0 Å². The van der Waals surface area contributed by atoms with E-state index in [0.29, 0.717) is 5.56 Å². The molecule has 28 heavy (non-hydrogen) atoms. The van der Waals surface area contributed by atoms with Gasteiger partial charge in [-0.2, -0.15) is 0 Å². The molecule has 1 aliphatic rings. The van der Waals surface area contributed by atoms with E-state index in [1.807, 2.05) is 0 Å². The maximum atomic E-state index is 12.2. The molecule has 1 amide bonds. The SMILES string of the molecule is CNC(=O)c1cc(COC(C)=O)ccc1O[C@@H]1O[C@H](C(=O)O)[C@@H](O)[C@H](O)[C@H]1O. The van der Waals surface area contributed by atoms with E-state index in [0.717, 1.165) is 0 Å². The molecule has 1 heterocycles. The predicted octanol–water partition coefficient (Wildman–Crippen LogP) is -1.62. The highest BCUT2D eigenvalue weighted by Gasteiger charge is 2.48. The highest BCUT2D eigenvalue weighted by Crippen LogP contribution is 2.27. The first-order valence-electron chi connectivity index (χ1n) is 8.23. The van der Waals surface area contributed by atoms with Crippen molar-refractivity contribution < 1.29 is 49.0 Å². The van der Waals surface area contributed by atoms with Crippen LogP contribution in [0.3, 0.4) is 0 Å². The summed E-state index contributed by atoms with van der Waals surface area (Å²) in [6, 6.07) is 4.21. The third-order valence-electron chi connectivity index (χ3n) is 4.01. The molecule has 0 aromatic heterocycles. The fraction of sp³-hybridized carbons (Fsp3) is 0.471. The van der Waals surface area contributed by atoms with Crippen LogP contribution in [0.1, 0.15) is 22.8 Å². The van der Waals surface area contributed by atoms with Crippen LogP contribution >= 0.6 is 0 Å². The normalized spacial score (nSPS) is 27.0. The fourth-order valence-corrected chi connectivity index (χ4v) is 2.54. The first kappa shape index (κ1) is 21.6. The van der Waals surface area contributed by atoms with E-state index in [2.05, 4.69) is 5.32 Å².